The van der Waals surface area contributed by atoms with E-state index in [-0.39, 0.29) is 23.6 Å². The highest BCUT2D eigenvalue weighted by Crippen LogP contribution is 2.16. The summed E-state index contributed by atoms with van der Waals surface area (Å²) in [5, 5.41) is 17.3. The quantitative estimate of drug-likeness (QED) is 0.607. The molecular formula is C11H12N6O3. The highest BCUT2D eigenvalue weighted by Gasteiger charge is 2.16. The second-order valence-electron chi connectivity index (χ2n) is 4.05. The molecule has 2 heterocycles. The number of nitrogen functional groups attached to an aromatic ring is 1. The zero-order valence-electron chi connectivity index (χ0n) is 10.6. The molecule has 0 atom stereocenters. The van der Waals surface area contributed by atoms with Gasteiger partial charge in [-0.15, -0.1) is 0 Å². The zero-order chi connectivity index (χ0) is 14.7. The van der Waals surface area contributed by atoms with Crippen molar-refractivity contribution in [1.29, 1.82) is 0 Å². The average Bonchev–Trinajstić information content (AvgIpc) is 2.82. The molecule has 0 spiro atoms. The maximum Gasteiger partial charge on any atom is 0.288 e. The largest absolute Gasteiger partial charge is 0.383 e. The molecule has 0 aliphatic carbocycles. The third-order valence-corrected chi connectivity index (χ3v) is 2.56. The average molecular weight is 276 g/mol. The number of nitro groups is 1. The smallest absolute Gasteiger partial charge is 0.288 e. The number of pyridine rings is 1. The number of carbonyl (C=O) groups is 1. The number of aryl methyl sites for hydroxylation is 1. The highest BCUT2D eigenvalue weighted by atomic mass is 16.6. The van der Waals surface area contributed by atoms with Crippen LogP contribution < -0.4 is 11.1 Å². The molecule has 0 radical (unpaired) electrons. The topological polar surface area (TPSA) is 129 Å². The molecule has 2 rings (SSSR count). The number of nitrogens with one attached hydrogen (secondary N) is 1. The lowest BCUT2D eigenvalue weighted by Gasteiger charge is -2.05. The van der Waals surface area contributed by atoms with Crippen LogP contribution in [0.2, 0.25) is 0 Å². The SMILES string of the molecule is Cn1ccc(CNC(=O)c2cc([N+](=O)[O-])cnc2N)n1. The lowest BCUT2D eigenvalue weighted by Crippen LogP contribution is -2.24. The summed E-state index contributed by atoms with van der Waals surface area (Å²) in [5.74, 6) is -0.599. The molecule has 9 heteroatoms. The Morgan fingerprint density at radius 2 is 2.35 bits per heavy atom. The number of hydrogen-bond acceptors (Lipinski definition) is 6. The van der Waals surface area contributed by atoms with Crippen LogP contribution in [0.15, 0.2) is 24.5 Å². The van der Waals surface area contributed by atoms with Crippen molar-refractivity contribution in [2.45, 2.75) is 6.54 Å². The standard InChI is InChI=1S/C11H12N6O3/c1-16-3-2-7(15-16)5-14-11(18)9-4-8(17(19)20)6-13-10(9)12/h2-4,6H,5H2,1H3,(H2,12,13)(H,14,18). The van der Waals surface area contributed by atoms with Crippen LogP contribution in [0.1, 0.15) is 16.1 Å². The first-order valence-corrected chi connectivity index (χ1v) is 5.64. The van der Waals surface area contributed by atoms with Gasteiger partial charge in [-0.3, -0.25) is 19.6 Å². The number of carbonyl (C=O) groups excluding carboxylic acids is 1. The van der Waals surface area contributed by atoms with Crippen LogP contribution in [0, 0.1) is 10.1 Å². The van der Waals surface area contributed by atoms with E-state index < -0.39 is 10.8 Å². The molecule has 0 aromatic carbocycles. The summed E-state index contributed by atoms with van der Waals surface area (Å²) in [6, 6.07) is 2.84. The lowest BCUT2D eigenvalue weighted by atomic mass is 10.2. The number of hydrogen-bond donors (Lipinski definition) is 2. The molecule has 0 unspecified atom stereocenters. The van der Waals surface area contributed by atoms with Crippen molar-refractivity contribution in [1.82, 2.24) is 20.1 Å². The second kappa shape index (κ2) is 5.34. The third-order valence-electron chi connectivity index (χ3n) is 2.56. The Balaban J connectivity index is 2.12. The first kappa shape index (κ1) is 13.5. The van der Waals surface area contributed by atoms with Gasteiger partial charge in [-0.05, 0) is 6.07 Å². The Morgan fingerprint density at radius 3 is 2.95 bits per heavy atom. The fraction of sp³-hybridized carbons (Fsp3) is 0.182. The summed E-state index contributed by atoms with van der Waals surface area (Å²) >= 11 is 0. The monoisotopic (exact) mass is 276 g/mol. The van der Waals surface area contributed by atoms with Crippen molar-refractivity contribution in [3.8, 4) is 0 Å². The maximum absolute atomic E-state index is 11.9. The van der Waals surface area contributed by atoms with Crippen molar-refractivity contribution in [2.75, 3.05) is 5.73 Å². The predicted molar refractivity (Wildman–Crippen MR) is 69.7 cm³/mol. The van der Waals surface area contributed by atoms with Crippen LogP contribution in [0.5, 0.6) is 0 Å². The Hall–Kier alpha value is -2.97. The summed E-state index contributed by atoms with van der Waals surface area (Å²) < 4.78 is 1.60. The van der Waals surface area contributed by atoms with E-state index in [4.69, 9.17) is 5.73 Å². The number of aromatic nitrogens is 3. The lowest BCUT2D eigenvalue weighted by molar-refractivity contribution is -0.385. The molecule has 20 heavy (non-hydrogen) atoms. The molecule has 0 saturated carbocycles. The van der Waals surface area contributed by atoms with Crippen molar-refractivity contribution in [3.05, 3.63) is 45.9 Å². The molecule has 0 bridgehead atoms. The molecule has 2 aromatic heterocycles. The number of nitrogens with zero attached hydrogens (tertiary/aromatic N) is 4. The van der Waals surface area contributed by atoms with Gasteiger partial charge in [0.05, 0.1) is 22.7 Å². The van der Waals surface area contributed by atoms with Crippen LogP contribution in [-0.4, -0.2) is 25.6 Å². The van der Waals surface area contributed by atoms with E-state index >= 15 is 0 Å². The van der Waals surface area contributed by atoms with Crippen molar-refractivity contribution < 1.29 is 9.72 Å². The van der Waals surface area contributed by atoms with Crippen molar-refractivity contribution >= 4 is 17.4 Å². The van der Waals surface area contributed by atoms with E-state index in [0.29, 0.717) is 5.69 Å². The second-order valence-corrected chi connectivity index (χ2v) is 4.05. The van der Waals surface area contributed by atoms with E-state index in [1.54, 1.807) is 24.0 Å². The number of nitrogens with two attached hydrogens (primary N) is 1. The summed E-state index contributed by atoms with van der Waals surface area (Å²) in [4.78, 5) is 25.6. The van der Waals surface area contributed by atoms with Gasteiger partial charge in [0.15, 0.2) is 0 Å². The van der Waals surface area contributed by atoms with E-state index in [1.807, 2.05) is 0 Å². The molecular weight excluding hydrogens is 264 g/mol. The molecule has 0 fully saturated rings. The van der Waals surface area contributed by atoms with E-state index in [0.717, 1.165) is 12.3 Å². The third kappa shape index (κ3) is 2.88. The minimum Gasteiger partial charge on any atom is -0.383 e. The summed E-state index contributed by atoms with van der Waals surface area (Å²) in [7, 11) is 1.76. The minimum absolute atomic E-state index is 0.0323. The van der Waals surface area contributed by atoms with Gasteiger partial charge in [-0.2, -0.15) is 5.10 Å². The number of amides is 1. The van der Waals surface area contributed by atoms with Crippen molar-refractivity contribution in [2.24, 2.45) is 7.05 Å². The molecule has 0 saturated heterocycles. The van der Waals surface area contributed by atoms with Crippen LogP contribution >= 0.6 is 0 Å². The Kier molecular flexibility index (Phi) is 3.60. The van der Waals surface area contributed by atoms with Gasteiger partial charge >= 0.3 is 0 Å². The Bertz CT molecular complexity index is 666. The molecule has 104 valence electrons. The van der Waals surface area contributed by atoms with E-state index in [9.17, 15) is 14.9 Å². The highest BCUT2D eigenvalue weighted by molar-refractivity contribution is 5.98. The minimum atomic E-state index is -0.637. The normalized spacial score (nSPS) is 10.2. The predicted octanol–water partition coefficient (Wildman–Crippen LogP) is 0.235. The summed E-state index contributed by atoms with van der Waals surface area (Å²) in [6.45, 7) is 0.196. The molecule has 9 nitrogen and oxygen atoms in total. The van der Waals surface area contributed by atoms with E-state index in [1.165, 1.54) is 0 Å². The van der Waals surface area contributed by atoms with Crippen LogP contribution in [-0.2, 0) is 13.6 Å². The fourth-order valence-electron chi connectivity index (χ4n) is 1.57. The number of anilines is 1. The Morgan fingerprint density at radius 1 is 1.60 bits per heavy atom. The molecule has 0 aliphatic heterocycles. The first-order chi connectivity index (χ1) is 9.47. The number of rotatable bonds is 4. The van der Waals surface area contributed by atoms with Gasteiger partial charge in [0.2, 0.25) is 0 Å². The molecule has 3 N–H and O–H groups in total. The van der Waals surface area contributed by atoms with Gasteiger partial charge in [-0.25, -0.2) is 4.98 Å². The van der Waals surface area contributed by atoms with Crippen LogP contribution in [0.25, 0.3) is 0 Å². The fourth-order valence-corrected chi connectivity index (χ4v) is 1.57. The first-order valence-electron chi connectivity index (χ1n) is 5.64. The van der Waals surface area contributed by atoms with Gasteiger partial charge in [0.1, 0.15) is 12.0 Å². The molecule has 1 amide bonds. The van der Waals surface area contributed by atoms with Crippen LogP contribution in [0.3, 0.4) is 0 Å². The van der Waals surface area contributed by atoms with Crippen molar-refractivity contribution in [3.63, 3.8) is 0 Å². The van der Waals surface area contributed by atoms with Gasteiger partial charge in [0, 0.05) is 19.3 Å². The van der Waals surface area contributed by atoms with Gasteiger partial charge < -0.3 is 11.1 Å². The van der Waals surface area contributed by atoms with Gasteiger partial charge in [0.25, 0.3) is 11.6 Å². The molecule has 0 aliphatic rings. The van der Waals surface area contributed by atoms with Gasteiger partial charge in [-0.1, -0.05) is 0 Å². The molecule has 2 aromatic rings. The van der Waals surface area contributed by atoms with E-state index in [2.05, 4.69) is 15.4 Å². The summed E-state index contributed by atoms with van der Waals surface area (Å²) in [6.07, 6.45) is 2.75. The zero-order valence-corrected chi connectivity index (χ0v) is 10.6. The summed E-state index contributed by atoms with van der Waals surface area (Å²) in [5.41, 5.74) is 5.89. The Labute approximate surface area is 113 Å². The van der Waals surface area contributed by atoms with Crippen LogP contribution in [0.4, 0.5) is 11.5 Å². The maximum atomic E-state index is 11.9.